The molecule has 1 atom stereocenters. The van der Waals surface area contributed by atoms with Crippen molar-refractivity contribution in [1.82, 2.24) is 10.3 Å². The molecule has 0 fully saturated rings. The van der Waals surface area contributed by atoms with Gasteiger partial charge in [0.25, 0.3) is 5.91 Å². The van der Waals surface area contributed by atoms with Crippen LogP contribution in [0.25, 0.3) is 0 Å². The molecule has 19 heavy (non-hydrogen) atoms. The van der Waals surface area contributed by atoms with Gasteiger partial charge in [0.2, 0.25) is 0 Å². The van der Waals surface area contributed by atoms with Crippen LogP contribution in [0.1, 0.15) is 34.0 Å². The molecule has 0 spiro atoms. The van der Waals surface area contributed by atoms with Crippen molar-refractivity contribution in [3.05, 3.63) is 50.7 Å². The minimum Gasteiger partial charge on any atom is -0.344 e. The van der Waals surface area contributed by atoms with E-state index in [4.69, 9.17) is 11.6 Å². The molecule has 0 aliphatic carbocycles. The summed E-state index contributed by atoms with van der Waals surface area (Å²) in [7, 11) is 0. The average molecular weight is 299 g/mol. The molecule has 1 N–H and O–H groups in total. The van der Waals surface area contributed by atoms with Gasteiger partial charge in [0.15, 0.2) is 0 Å². The predicted octanol–water partition coefficient (Wildman–Crippen LogP) is 3.74. The molecule has 0 saturated heterocycles. The first kappa shape index (κ1) is 14.0. The van der Waals surface area contributed by atoms with Gasteiger partial charge in [0, 0.05) is 5.38 Å². The number of carbonyl (C=O) groups excluding carboxylic acids is 1. The normalized spacial score (nSPS) is 12.2. The molecule has 3 nitrogen and oxygen atoms in total. The number of benzene rings is 1. The first-order valence-electron chi connectivity index (χ1n) is 5.66. The smallest absolute Gasteiger partial charge is 0.256 e. The number of halogens is 2. The maximum absolute atomic E-state index is 13.6. The Labute approximate surface area is 119 Å². The van der Waals surface area contributed by atoms with Gasteiger partial charge in [0.1, 0.15) is 5.82 Å². The Morgan fingerprint density at radius 3 is 2.84 bits per heavy atom. The van der Waals surface area contributed by atoms with Crippen molar-refractivity contribution in [3.63, 3.8) is 0 Å². The molecule has 0 bridgehead atoms. The Hall–Kier alpha value is -1.46. The van der Waals surface area contributed by atoms with Crippen molar-refractivity contribution >= 4 is 28.8 Å². The molecule has 2 aromatic rings. The fourth-order valence-electron chi connectivity index (χ4n) is 1.64. The van der Waals surface area contributed by atoms with E-state index in [1.165, 1.54) is 29.5 Å². The second-order valence-corrected chi connectivity index (χ2v) is 5.55. The van der Waals surface area contributed by atoms with Gasteiger partial charge < -0.3 is 5.32 Å². The Morgan fingerprint density at radius 2 is 2.26 bits per heavy atom. The molecule has 0 aliphatic heterocycles. The largest absolute Gasteiger partial charge is 0.344 e. The molecule has 6 heteroatoms. The molecule has 1 unspecified atom stereocenters. The Bertz CT molecular complexity index is 594. The number of nitrogens with one attached hydrogen (secondary N) is 1. The fraction of sp³-hybridized carbons (Fsp3) is 0.231. The maximum atomic E-state index is 13.6. The molecular formula is C13H12ClFN2OS. The van der Waals surface area contributed by atoms with Gasteiger partial charge in [-0.15, -0.1) is 11.3 Å². The molecule has 0 saturated carbocycles. The Morgan fingerprint density at radius 1 is 1.53 bits per heavy atom. The van der Waals surface area contributed by atoms with Crippen LogP contribution < -0.4 is 5.32 Å². The van der Waals surface area contributed by atoms with E-state index < -0.39 is 11.7 Å². The summed E-state index contributed by atoms with van der Waals surface area (Å²) in [6.07, 6.45) is 0. The van der Waals surface area contributed by atoms with Gasteiger partial charge >= 0.3 is 0 Å². The van der Waals surface area contributed by atoms with E-state index in [1.807, 2.05) is 12.3 Å². The van der Waals surface area contributed by atoms with E-state index >= 15 is 0 Å². The van der Waals surface area contributed by atoms with Crippen LogP contribution in [-0.2, 0) is 0 Å². The predicted molar refractivity (Wildman–Crippen MR) is 74.1 cm³/mol. The lowest BCUT2D eigenvalue weighted by atomic mass is 10.1. The summed E-state index contributed by atoms with van der Waals surface area (Å²) in [5.41, 5.74) is 0.617. The lowest BCUT2D eigenvalue weighted by molar-refractivity contribution is 0.0935. The molecular weight excluding hydrogens is 287 g/mol. The monoisotopic (exact) mass is 298 g/mol. The number of aromatic nitrogens is 1. The van der Waals surface area contributed by atoms with Gasteiger partial charge in [-0.05, 0) is 26.0 Å². The Kier molecular flexibility index (Phi) is 4.17. The van der Waals surface area contributed by atoms with E-state index in [2.05, 4.69) is 10.3 Å². The summed E-state index contributed by atoms with van der Waals surface area (Å²) in [5.74, 6) is -1.17. The standard InChI is InChI=1S/C13H12ClFN2OS/c1-7(11-6-19-8(2)17-11)16-13(18)12-9(14)4-3-5-10(12)15/h3-7H,1-2H3,(H,16,18). The summed E-state index contributed by atoms with van der Waals surface area (Å²) < 4.78 is 13.6. The first-order chi connectivity index (χ1) is 8.99. The zero-order chi connectivity index (χ0) is 14.0. The number of carbonyl (C=O) groups is 1. The van der Waals surface area contributed by atoms with Crippen LogP contribution in [0.3, 0.4) is 0 Å². The highest BCUT2D eigenvalue weighted by Gasteiger charge is 2.19. The van der Waals surface area contributed by atoms with Gasteiger partial charge in [-0.1, -0.05) is 17.7 Å². The van der Waals surface area contributed by atoms with Crippen LogP contribution in [0.5, 0.6) is 0 Å². The zero-order valence-electron chi connectivity index (χ0n) is 10.4. The zero-order valence-corrected chi connectivity index (χ0v) is 12.0. The first-order valence-corrected chi connectivity index (χ1v) is 6.91. The number of thiazole rings is 1. The molecule has 1 aromatic heterocycles. The number of hydrogen-bond acceptors (Lipinski definition) is 3. The van der Waals surface area contributed by atoms with E-state index in [1.54, 1.807) is 6.92 Å². The van der Waals surface area contributed by atoms with Crippen molar-refractivity contribution in [2.45, 2.75) is 19.9 Å². The third-order valence-electron chi connectivity index (χ3n) is 2.62. The van der Waals surface area contributed by atoms with Gasteiger partial charge in [-0.3, -0.25) is 4.79 Å². The van der Waals surface area contributed by atoms with Crippen LogP contribution in [0.2, 0.25) is 5.02 Å². The number of hydrogen-bond donors (Lipinski definition) is 1. The topological polar surface area (TPSA) is 42.0 Å². The van der Waals surface area contributed by atoms with Crippen LogP contribution >= 0.6 is 22.9 Å². The molecule has 100 valence electrons. The maximum Gasteiger partial charge on any atom is 0.256 e. The van der Waals surface area contributed by atoms with E-state index in [0.29, 0.717) is 0 Å². The van der Waals surface area contributed by atoms with Crippen LogP contribution in [-0.4, -0.2) is 10.9 Å². The Balaban J connectivity index is 2.17. The lowest BCUT2D eigenvalue weighted by Crippen LogP contribution is -2.28. The van der Waals surface area contributed by atoms with E-state index in [0.717, 1.165) is 10.7 Å². The SMILES string of the molecule is Cc1nc(C(C)NC(=O)c2c(F)cccc2Cl)cs1. The van der Waals surface area contributed by atoms with Gasteiger partial charge in [0.05, 0.1) is 27.3 Å². The molecule has 1 aromatic carbocycles. The summed E-state index contributed by atoms with van der Waals surface area (Å²) in [6.45, 7) is 3.68. The van der Waals surface area contributed by atoms with Crippen molar-refractivity contribution in [3.8, 4) is 0 Å². The average Bonchev–Trinajstić information content (AvgIpc) is 2.75. The van der Waals surface area contributed by atoms with E-state index in [-0.39, 0.29) is 16.6 Å². The van der Waals surface area contributed by atoms with Gasteiger partial charge in [-0.2, -0.15) is 0 Å². The third-order valence-corrected chi connectivity index (χ3v) is 3.72. The number of rotatable bonds is 3. The van der Waals surface area contributed by atoms with E-state index in [9.17, 15) is 9.18 Å². The second kappa shape index (κ2) is 5.67. The summed E-state index contributed by atoms with van der Waals surface area (Å²) in [6, 6.07) is 3.85. The second-order valence-electron chi connectivity index (χ2n) is 4.08. The lowest BCUT2D eigenvalue weighted by Gasteiger charge is -2.12. The quantitative estimate of drug-likeness (QED) is 0.938. The third kappa shape index (κ3) is 3.11. The molecule has 1 heterocycles. The molecule has 0 aliphatic rings. The van der Waals surface area contributed by atoms with Crippen molar-refractivity contribution in [2.75, 3.05) is 0 Å². The highest BCUT2D eigenvalue weighted by molar-refractivity contribution is 7.09. The highest BCUT2D eigenvalue weighted by Crippen LogP contribution is 2.21. The van der Waals surface area contributed by atoms with Crippen molar-refractivity contribution in [1.29, 1.82) is 0 Å². The van der Waals surface area contributed by atoms with Crippen LogP contribution in [0.15, 0.2) is 23.6 Å². The molecule has 0 radical (unpaired) electrons. The van der Waals surface area contributed by atoms with Crippen LogP contribution in [0.4, 0.5) is 4.39 Å². The van der Waals surface area contributed by atoms with Crippen LogP contribution in [0, 0.1) is 12.7 Å². The minimum absolute atomic E-state index is 0.0964. The van der Waals surface area contributed by atoms with Crippen molar-refractivity contribution in [2.24, 2.45) is 0 Å². The fourth-order valence-corrected chi connectivity index (χ4v) is 2.59. The summed E-state index contributed by atoms with van der Waals surface area (Å²) in [4.78, 5) is 16.3. The molecule has 2 rings (SSSR count). The number of nitrogens with zero attached hydrogens (tertiary/aromatic N) is 1. The molecule has 1 amide bonds. The summed E-state index contributed by atoms with van der Waals surface area (Å²) in [5, 5.41) is 5.57. The highest BCUT2D eigenvalue weighted by atomic mass is 35.5. The summed E-state index contributed by atoms with van der Waals surface area (Å²) >= 11 is 7.34. The number of amides is 1. The minimum atomic E-state index is -0.633. The van der Waals surface area contributed by atoms with Crippen molar-refractivity contribution < 1.29 is 9.18 Å². The number of aryl methyl sites for hydroxylation is 1. The van der Waals surface area contributed by atoms with Gasteiger partial charge in [-0.25, -0.2) is 9.37 Å².